The molecule has 1 heterocycles. The van der Waals surface area contributed by atoms with E-state index in [-0.39, 0.29) is 12.4 Å². The molecule has 4 rings (SSSR count). The monoisotopic (exact) mass is 424 g/mol. The lowest BCUT2D eigenvalue weighted by molar-refractivity contribution is 0.306. The third-order valence-corrected chi connectivity index (χ3v) is 5.02. The summed E-state index contributed by atoms with van der Waals surface area (Å²) in [5, 5.41) is 5.34. The molecule has 3 aromatic carbocycles. The van der Waals surface area contributed by atoms with E-state index in [1.807, 2.05) is 55.5 Å². The Morgan fingerprint density at radius 1 is 0.931 bits per heavy atom. The number of ether oxygens (including phenoxy) is 1. The first-order chi connectivity index (χ1) is 13.6. The third kappa shape index (κ3) is 4.81. The molecule has 0 aliphatic carbocycles. The Morgan fingerprint density at radius 3 is 2.45 bits per heavy atom. The number of fused-ring (bicyclic) bond motifs is 1. The SMILES string of the molecule is Cc1cc(Nc2ccc(OCc3ccccc3Cl)cc2)c2cccc(C)c2n1.Cl. The van der Waals surface area contributed by atoms with Crippen LogP contribution >= 0.6 is 24.0 Å². The van der Waals surface area contributed by atoms with Crippen LogP contribution in [0.2, 0.25) is 5.02 Å². The molecule has 0 fully saturated rings. The minimum Gasteiger partial charge on any atom is -0.489 e. The Labute approximate surface area is 182 Å². The first-order valence-corrected chi connectivity index (χ1v) is 9.58. The summed E-state index contributed by atoms with van der Waals surface area (Å²) in [6, 6.07) is 24.0. The average molecular weight is 425 g/mol. The molecule has 5 heteroatoms. The minimum absolute atomic E-state index is 0. The maximum Gasteiger partial charge on any atom is 0.119 e. The predicted molar refractivity (Wildman–Crippen MR) is 124 cm³/mol. The van der Waals surface area contributed by atoms with Crippen molar-refractivity contribution in [2.75, 3.05) is 5.32 Å². The number of aromatic nitrogens is 1. The van der Waals surface area contributed by atoms with Gasteiger partial charge in [0.25, 0.3) is 0 Å². The highest BCUT2D eigenvalue weighted by Gasteiger charge is 2.07. The fraction of sp³-hybridized carbons (Fsp3) is 0.125. The molecule has 4 aromatic rings. The standard InChI is InChI=1S/C24H21ClN2O.ClH/c1-16-6-5-8-21-23(14-17(2)26-24(16)21)27-19-10-12-20(13-11-19)28-15-18-7-3-4-9-22(18)25;/h3-14H,15H2,1-2H3,(H,26,27);1H. The number of nitrogens with one attached hydrogen (secondary N) is 1. The summed E-state index contributed by atoms with van der Waals surface area (Å²) < 4.78 is 5.86. The highest BCUT2D eigenvalue weighted by Crippen LogP contribution is 2.29. The predicted octanol–water partition coefficient (Wildman–Crippen LogP) is 7.25. The van der Waals surface area contributed by atoms with Gasteiger partial charge in [-0.1, -0.05) is 48.0 Å². The Balaban J connectivity index is 0.00000240. The normalized spacial score (nSPS) is 10.4. The van der Waals surface area contributed by atoms with Crippen LogP contribution in [0, 0.1) is 13.8 Å². The maximum absolute atomic E-state index is 6.18. The van der Waals surface area contributed by atoms with Gasteiger partial charge in [0, 0.05) is 33.0 Å². The van der Waals surface area contributed by atoms with Gasteiger partial charge in [-0.25, -0.2) is 0 Å². The number of rotatable bonds is 5. The molecule has 148 valence electrons. The third-order valence-electron chi connectivity index (χ3n) is 4.65. The average Bonchev–Trinajstić information content (AvgIpc) is 2.69. The van der Waals surface area contributed by atoms with Gasteiger partial charge in [-0.05, 0) is 55.8 Å². The van der Waals surface area contributed by atoms with Crippen molar-refractivity contribution in [3.05, 3.63) is 94.6 Å². The van der Waals surface area contributed by atoms with E-state index >= 15 is 0 Å². The van der Waals surface area contributed by atoms with Crippen LogP contribution in [-0.4, -0.2) is 4.98 Å². The summed E-state index contributed by atoms with van der Waals surface area (Å²) in [5.41, 5.74) is 6.22. The fourth-order valence-corrected chi connectivity index (χ4v) is 3.38. The Morgan fingerprint density at radius 2 is 1.69 bits per heavy atom. The maximum atomic E-state index is 6.18. The summed E-state index contributed by atoms with van der Waals surface area (Å²) in [6.07, 6.45) is 0. The van der Waals surface area contributed by atoms with Gasteiger partial charge in [0.15, 0.2) is 0 Å². The van der Waals surface area contributed by atoms with Crippen molar-refractivity contribution in [3.8, 4) is 5.75 Å². The number of anilines is 2. The molecule has 0 bridgehead atoms. The van der Waals surface area contributed by atoms with E-state index in [0.29, 0.717) is 6.61 Å². The number of hydrogen-bond acceptors (Lipinski definition) is 3. The van der Waals surface area contributed by atoms with E-state index in [2.05, 4.69) is 41.5 Å². The Kier molecular flexibility index (Phi) is 6.63. The van der Waals surface area contributed by atoms with Crippen LogP contribution in [0.15, 0.2) is 72.8 Å². The summed E-state index contributed by atoms with van der Waals surface area (Å²) in [4.78, 5) is 4.68. The van der Waals surface area contributed by atoms with Crippen molar-refractivity contribution in [3.63, 3.8) is 0 Å². The first kappa shape index (κ1) is 21.0. The topological polar surface area (TPSA) is 34.1 Å². The number of benzene rings is 3. The summed E-state index contributed by atoms with van der Waals surface area (Å²) >= 11 is 6.18. The molecular formula is C24H22Cl2N2O. The second-order valence-corrected chi connectivity index (χ2v) is 7.22. The molecule has 1 N–H and O–H groups in total. The summed E-state index contributed by atoms with van der Waals surface area (Å²) in [7, 11) is 0. The zero-order chi connectivity index (χ0) is 19.5. The number of pyridine rings is 1. The lowest BCUT2D eigenvalue weighted by Crippen LogP contribution is -1.97. The molecule has 0 spiro atoms. The molecule has 0 saturated heterocycles. The molecule has 0 aliphatic heterocycles. The van der Waals surface area contributed by atoms with Crippen molar-refractivity contribution in [1.82, 2.24) is 4.98 Å². The van der Waals surface area contributed by atoms with E-state index in [1.54, 1.807) is 0 Å². The molecule has 0 aliphatic rings. The molecule has 0 unspecified atom stereocenters. The van der Waals surface area contributed by atoms with Gasteiger partial charge in [-0.2, -0.15) is 0 Å². The lowest BCUT2D eigenvalue weighted by atomic mass is 10.1. The van der Waals surface area contributed by atoms with Gasteiger partial charge in [-0.3, -0.25) is 4.98 Å². The van der Waals surface area contributed by atoms with Gasteiger partial charge >= 0.3 is 0 Å². The molecule has 3 nitrogen and oxygen atoms in total. The molecule has 0 amide bonds. The van der Waals surface area contributed by atoms with Crippen LogP contribution in [0.1, 0.15) is 16.8 Å². The largest absolute Gasteiger partial charge is 0.489 e. The summed E-state index contributed by atoms with van der Waals surface area (Å²) in [5.74, 6) is 0.803. The molecule has 0 atom stereocenters. The molecule has 0 saturated carbocycles. The lowest BCUT2D eigenvalue weighted by Gasteiger charge is -2.13. The van der Waals surface area contributed by atoms with Crippen molar-refractivity contribution in [2.45, 2.75) is 20.5 Å². The van der Waals surface area contributed by atoms with Crippen LogP contribution in [0.4, 0.5) is 11.4 Å². The van der Waals surface area contributed by atoms with Crippen molar-refractivity contribution in [1.29, 1.82) is 0 Å². The van der Waals surface area contributed by atoms with Gasteiger partial charge in [0.1, 0.15) is 12.4 Å². The zero-order valence-electron chi connectivity index (χ0n) is 16.3. The fourth-order valence-electron chi connectivity index (χ4n) is 3.19. The van der Waals surface area contributed by atoms with E-state index < -0.39 is 0 Å². The number of halogens is 2. The first-order valence-electron chi connectivity index (χ1n) is 9.20. The van der Waals surface area contributed by atoms with E-state index in [9.17, 15) is 0 Å². The second-order valence-electron chi connectivity index (χ2n) is 6.81. The van der Waals surface area contributed by atoms with Gasteiger partial charge in [-0.15, -0.1) is 12.4 Å². The van der Waals surface area contributed by atoms with Crippen LogP contribution < -0.4 is 10.1 Å². The number of aryl methyl sites for hydroxylation is 2. The molecule has 1 aromatic heterocycles. The second kappa shape index (κ2) is 9.17. The van der Waals surface area contributed by atoms with Gasteiger partial charge < -0.3 is 10.1 Å². The van der Waals surface area contributed by atoms with Crippen LogP contribution in [-0.2, 0) is 6.61 Å². The van der Waals surface area contributed by atoms with Crippen LogP contribution in [0.3, 0.4) is 0 Å². The number of nitrogens with zero attached hydrogens (tertiary/aromatic N) is 1. The Bertz CT molecular complexity index is 1130. The quantitative estimate of drug-likeness (QED) is 0.366. The highest BCUT2D eigenvalue weighted by molar-refractivity contribution is 6.31. The van der Waals surface area contributed by atoms with E-state index in [1.165, 1.54) is 5.56 Å². The Hall–Kier alpha value is -2.75. The minimum atomic E-state index is 0. The van der Waals surface area contributed by atoms with E-state index in [0.717, 1.165) is 44.3 Å². The van der Waals surface area contributed by atoms with Gasteiger partial charge in [0.05, 0.1) is 5.52 Å². The highest BCUT2D eigenvalue weighted by atomic mass is 35.5. The van der Waals surface area contributed by atoms with Crippen LogP contribution in [0.5, 0.6) is 5.75 Å². The van der Waals surface area contributed by atoms with Crippen molar-refractivity contribution < 1.29 is 4.74 Å². The number of para-hydroxylation sites is 1. The zero-order valence-corrected chi connectivity index (χ0v) is 17.8. The number of hydrogen-bond donors (Lipinski definition) is 1. The molecule has 29 heavy (non-hydrogen) atoms. The van der Waals surface area contributed by atoms with Crippen molar-refractivity contribution in [2.24, 2.45) is 0 Å². The van der Waals surface area contributed by atoms with Gasteiger partial charge in [0.2, 0.25) is 0 Å². The van der Waals surface area contributed by atoms with Crippen LogP contribution in [0.25, 0.3) is 10.9 Å². The molecule has 0 radical (unpaired) electrons. The molecular weight excluding hydrogens is 403 g/mol. The smallest absolute Gasteiger partial charge is 0.119 e. The van der Waals surface area contributed by atoms with Crippen molar-refractivity contribution >= 4 is 46.3 Å². The summed E-state index contributed by atoms with van der Waals surface area (Å²) in [6.45, 7) is 4.55. The van der Waals surface area contributed by atoms with E-state index in [4.69, 9.17) is 16.3 Å².